The Morgan fingerprint density at radius 3 is 1.20 bits per heavy atom. The molecule has 0 spiro atoms. The molecule has 0 radical (unpaired) electrons. The lowest BCUT2D eigenvalue weighted by molar-refractivity contribution is -0.166. The molecular formula is C45H74O6. The number of esters is 3. The van der Waals surface area contributed by atoms with Crippen molar-refractivity contribution < 1.29 is 28.6 Å². The molecule has 0 bridgehead atoms. The van der Waals surface area contributed by atoms with E-state index in [4.69, 9.17) is 14.2 Å². The first-order chi connectivity index (χ1) is 25.0. The first-order valence-electron chi connectivity index (χ1n) is 20.4. The molecule has 290 valence electrons. The van der Waals surface area contributed by atoms with Crippen LogP contribution in [0.2, 0.25) is 0 Å². The topological polar surface area (TPSA) is 78.9 Å². The van der Waals surface area contributed by atoms with Crippen LogP contribution in [0, 0.1) is 0 Å². The van der Waals surface area contributed by atoms with Crippen LogP contribution in [0.5, 0.6) is 0 Å². The molecule has 51 heavy (non-hydrogen) atoms. The maximum Gasteiger partial charge on any atom is 0.306 e. The van der Waals surface area contributed by atoms with Gasteiger partial charge in [0.15, 0.2) is 6.10 Å². The normalized spacial score (nSPS) is 12.8. The molecule has 0 rings (SSSR count). The molecule has 0 saturated heterocycles. The third kappa shape index (κ3) is 37.9. The Morgan fingerprint density at radius 1 is 0.412 bits per heavy atom. The fourth-order valence-corrected chi connectivity index (χ4v) is 5.17. The lowest BCUT2D eigenvalue weighted by Crippen LogP contribution is -2.30. The minimum atomic E-state index is -0.796. The van der Waals surface area contributed by atoms with Gasteiger partial charge in [-0.05, 0) is 57.8 Å². The molecule has 0 aromatic heterocycles. The van der Waals surface area contributed by atoms with E-state index in [1.807, 2.05) is 12.2 Å². The summed E-state index contributed by atoms with van der Waals surface area (Å²) in [6, 6.07) is 0. The second-order valence-corrected chi connectivity index (χ2v) is 13.2. The summed E-state index contributed by atoms with van der Waals surface area (Å²) in [6.07, 6.45) is 47.8. The number of hydrogen-bond donors (Lipinski definition) is 0. The number of hydrogen-bond acceptors (Lipinski definition) is 6. The highest BCUT2D eigenvalue weighted by Gasteiger charge is 2.19. The molecule has 0 saturated carbocycles. The predicted molar refractivity (Wildman–Crippen MR) is 214 cm³/mol. The van der Waals surface area contributed by atoms with E-state index in [1.165, 1.54) is 51.4 Å². The number of ether oxygens (including phenoxy) is 3. The minimum Gasteiger partial charge on any atom is -0.462 e. The molecule has 0 aliphatic heterocycles. The maximum atomic E-state index is 12.5. The van der Waals surface area contributed by atoms with Gasteiger partial charge >= 0.3 is 17.9 Å². The standard InChI is InChI=1S/C45H74O6/c1-4-7-10-13-16-18-19-20-21-22-23-24-25-26-27-28-30-32-35-38-44(47)50-41-42(40-49-43(46)37-34-31-15-12-9-6-3)51-45(48)39-36-33-29-17-14-11-8-5-2/h7,10,16,18,20-21,23-24,26-27,30,32,42H,4-6,8-9,11-15,17,19,22,25,28-29,31,33-41H2,1-3H3/b10-7-,18-16-,21-20-,24-23-,27-26-,32-30-. The highest BCUT2D eigenvalue weighted by Crippen LogP contribution is 2.12. The van der Waals surface area contributed by atoms with Gasteiger partial charge in [0, 0.05) is 19.3 Å². The van der Waals surface area contributed by atoms with Crippen LogP contribution in [-0.4, -0.2) is 37.2 Å². The molecule has 0 aliphatic carbocycles. The number of carbonyl (C=O) groups is 3. The third-order valence-electron chi connectivity index (χ3n) is 8.24. The van der Waals surface area contributed by atoms with Gasteiger partial charge in [0.1, 0.15) is 13.2 Å². The fraction of sp³-hybridized carbons (Fsp3) is 0.667. The van der Waals surface area contributed by atoms with Crippen molar-refractivity contribution in [1.29, 1.82) is 0 Å². The molecule has 0 aromatic rings. The van der Waals surface area contributed by atoms with Crippen molar-refractivity contribution in [2.24, 2.45) is 0 Å². The summed E-state index contributed by atoms with van der Waals surface area (Å²) in [4.78, 5) is 37.3. The van der Waals surface area contributed by atoms with E-state index in [0.29, 0.717) is 19.3 Å². The molecule has 0 heterocycles. The molecule has 1 atom stereocenters. The summed E-state index contributed by atoms with van der Waals surface area (Å²) >= 11 is 0. The second kappa shape index (κ2) is 39.6. The zero-order chi connectivity index (χ0) is 37.3. The zero-order valence-electron chi connectivity index (χ0n) is 32.8. The van der Waals surface area contributed by atoms with Crippen LogP contribution < -0.4 is 0 Å². The molecular weight excluding hydrogens is 636 g/mol. The average molecular weight is 711 g/mol. The van der Waals surface area contributed by atoms with Crippen LogP contribution in [0.1, 0.15) is 175 Å². The van der Waals surface area contributed by atoms with Gasteiger partial charge in [0.25, 0.3) is 0 Å². The Bertz CT molecular complexity index is 1000. The van der Waals surface area contributed by atoms with Crippen molar-refractivity contribution in [2.45, 2.75) is 181 Å². The molecule has 0 amide bonds. The first-order valence-corrected chi connectivity index (χ1v) is 20.4. The second-order valence-electron chi connectivity index (χ2n) is 13.2. The quantitative estimate of drug-likeness (QED) is 0.0282. The van der Waals surface area contributed by atoms with Gasteiger partial charge in [-0.3, -0.25) is 14.4 Å². The van der Waals surface area contributed by atoms with Gasteiger partial charge in [-0.15, -0.1) is 0 Å². The van der Waals surface area contributed by atoms with Crippen LogP contribution in [-0.2, 0) is 28.6 Å². The number of allylic oxidation sites excluding steroid dienone is 12. The lowest BCUT2D eigenvalue weighted by atomic mass is 10.1. The number of unbranched alkanes of at least 4 members (excludes halogenated alkanes) is 12. The zero-order valence-corrected chi connectivity index (χ0v) is 32.8. The molecule has 0 aromatic carbocycles. The maximum absolute atomic E-state index is 12.5. The van der Waals surface area contributed by atoms with Crippen molar-refractivity contribution in [3.63, 3.8) is 0 Å². The van der Waals surface area contributed by atoms with E-state index in [9.17, 15) is 14.4 Å². The Labute approximate surface area is 312 Å². The summed E-state index contributed by atoms with van der Waals surface area (Å²) in [6.45, 7) is 6.33. The summed E-state index contributed by atoms with van der Waals surface area (Å²) in [5.74, 6) is -1.01. The minimum absolute atomic E-state index is 0.0989. The molecule has 0 aliphatic rings. The molecule has 0 N–H and O–H groups in total. The van der Waals surface area contributed by atoms with Crippen LogP contribution in [0.3, 0.4) is 0 Å². The Kier molecular flexibility index (Phi) is 37.2. The SMILES string of the molecule is CC/C=C\C/C=C\C/C=C\C/C=C\C/C=C\C/C=C\CCC(=O)OCC(COC(=O)CCCCCCCC)OC(=O)CCCCCCCCCC. The molecule has 6 nitrogen and oxygen atoms in total. The molecule has 0 fully saturated rings. The smallest absolute Gasteiger partial charge is 0.306 e. The van der Waals surface area contributed by atoms with Crippen molar-refractivity contribution in [3.05, 3.63) is 72.9 Å². The van der Waals surface area contributed by atoms with Gasteiger partial charge in [-0.2, -0.15) is 0 Å². The van der Waals surface area contributed by atoms with E-state index < -0.39 is 6.10 Å². The highest BCUT2D eigenvalue weighted by atomic mass is 16.6. The Morgan fingerprint density at radius 2 is 0.765 bits per heavy atom. The summed E-state index contributed by atoms with van der Waals surface area (Å²) < 4.78 is 16.4. The van der Waals surface area contributed by atoms with Crippen molar-refractivity contribution in [2.75, 3.05) is 13.2 Å². The largest absolute Gasteiger partial charge is 0.462 e. The monoisotopic (exact) mass is 711 g/mol. The van der Waals surface area contributed by atoms with Gasteiger partial charge in [0.05, 0.1) is 0 Å². The van der Waals surface area contributed by atoms with E-state index >= 15 is 0 Å². The van der Waals surface area contributed by atoms with E-state index in [2.05, 4.69) is 81.5 Å². The molecule has 1 unspecified atom stereocenters. The van der Waals surface area contributed by atoms with Crippen molar-refractivity contribution in [1.82, 2.24) is 0 Å². The highest BCUT2D eigenvalue weighted by molar-refractivity contribution is 5.71. The Hall–Kier alpha value is -3.15. The third-order valence-corrected chi connectivity index (χ3v) is 8.24. The van der Waals surface area contributed by atoms with Crippen LogP contribution in [0.4, 0.5) is 0 Å². The lowest BCUT2D eigenvalue weighted by Gasteiger charge is -2.18. The number of rotatable bonds is 35. The van der Waals surface area contributed by atoms with Gasteiger partial charge in [-0.1, -0.05) is 171 Å². The van der Waals surface area contributed by atoms with Crippen molar-refractivity contribution >= 4 is 17.9 Å². The predicted octanol–water partition coefficient (Wildman–Crippen LogP) is 12.7. The summed E-state index contributed by atoms with van der Waals surface area (Å²) in [7, 11) is 0. The van der Waals surface area contributed by atoms with E-state index in [1.54, 1.807) is 0 Å². The fourth-order valence-electron chi connectivity index (χ4n) is 5.17. The van der Waals surface area contributed by atoms with Crippen LogP contribution >= 0.6 is 0 Å². The average Bonchev–Trinajstić information content (AvgIpc) is 3.13. The van der Waals surface area contributed by atoms with Gasteiger partial charge < -0.3 is 14.2 Å². The first kappa shape index (κ1) is 47.8. The van der Waals surface area contributed by atoms with Gasteiger partial charge in [-0.25, -0.2) is 0 Å². The van der Waals surface area contributed by atoms with E-state index in [-0.39, 0.29) is 37.5 Å². The summed E-state index contributed by atoms with van der Waals surface area (Å²) in [5.41, 5.74) is 0. The van der Waals surface area contributed by atoms with Crippen LogP contribution in [0.25, 0.3) is 0 Å². The number of carbonyl (C=O) groups excluding carboxylic acids is 3. The van der Waals surface area contributed by atoms with Crippen molar-refractivity contribution in [3.8, 4) is 0 Å². The van der Waals surface area contributed by atoms with E-state index in [0.717, 1.165) is 77.0 Å². The van der Waals surface area contributed by atoms with Gasteiger partial charge in [0.2, 0.25) is 0 Å². The van der Waals surface area contributed by atoms with Crippen LogP contribution in [0.15, 0.2) is 72.9 Å². The molecule has 6 heteroatoms. The Balaban J connectivity index is 4.38. The summed E-state index contributed by atoms with van der Waals surface area (Å²) in [5, 5.41) is 0.